The van der Waals surface area contributed by atoms with Crippen molar-refractivity contribution in [1.82, 2.24) is 30.8 Å². The first-order valence-electron chi connectivity index (χ1n) is 13.9. The number of anilines is 1. The number of ether oxygens (including phenoxy) is 1. The van der Waals surface area contributed by atoms with E-state index in [9.17, 15) is 22.8 Å². The molecule has 3 N–H and O–H groups in total. The Hall–Kier alpha value is -4.16. The summed E-state index contributed by atoms with van der Waals surface area (Å²) in [6.07, 6.45) is -0.658. The van der Waals surface area contributed by atoms with Crippen molar-refractivity contribution in [3.05, 3.63) is 65.5 Å². The number of H-pyrrole nitrogens is 1. The van der Waals surface area contributed by atoms with E-state index in [1.165, 1.54) is 12.1 Å². The number of aromatic amines is 1. The van der Waals surface area contributed by atoms with Crippen molar-refractivity contribution in [3.63, 3.8) is 0 Å². The maximum Gasteiger partial charge on any atom is 0.573 e. The summed E-state index contributed by atoms with van der Waals surface area (Å²) in [5, 5.41) is 19.1. The fraction of sp³-hybridized carbons (Fsp3) is 0.483. The molecule has 0 saturated heterocycles. The molecule has 1 aromatic heterocycles. The van der Waals surface area contributed by atoms with Crippen LogP contribution in [-0.2, 0) is 13.0 Å². The highest BCUT2D eigenvalue weighted by Gasteiger charge is 2.34. The molecule has 0 spiro atoms. The topological polar surface area (TPSA) is 125 Å². The third-order valence-corrected chi connectivity index (χ3v) is 7.57. The number of carbonyl (C=O) groups excluding carboxylic acids is 2. The highest BCUT2D eigenvalue weighted by molar-refractivity contribution is 5.94. The Balaban J connectivity index is 1.42. The van der Waals surface area contributed by atoms with Gasteiger partial charge in [0.05, 0.1) is 0 Å². The van der Waals surface area contributed by atoms with Crippen molar-refractivity contribution < 1.29 is 27.5 Å². The van der Waals surface area contributed by atoms with Gasteiger partial charge in [0.15, 0.2) is 0 Å². The molecule has 13 heteroatoms. The van der Waals surface area contributed by atoms with E-state index in [0.29, 0.717) is 42.5 Å². The first-order chi connectivity index (χ1) is 19.9. The van der Waals surface area contributed by atoms with Crippen LogP contribution < -0.4 is 15.4 Å². The molecule has 2 aromatic carbocycles. The number of carbonyl (C=O) groups is 2. The van der Waals surface area contributed by atoms with E-state index in [2.05, 4.69) is 56.8 Å². The molecule has 0 unspecified atom stereocenters. The Bertz CT molecular complexity index is 1300. The van der Waals surface area contributed by atoms with Crippen molar-refractivity contribution >= 4 is 17.6 Å². The van der Waals surface area contributed by atoms with E-state index in [4.69, 9.17) is 0 Å². The highest BCUT2D eigenvalue weighted by atomic mass is 19.4. The maximum atomic E-state index is 13.5. The number of hydrogen-bond donors (Lipinski definition) is 3. The second-order valence-corrected chi connectivity index (χ2v) is 11.6. The SMILES string of the molecule is CC(C)(C)C1CCC(N(Cc2ccc(C(=O)NCCc3nnn[nH]3)cc2)C(=O)Nc2ccc(OC(F)(F)F)cc2)CC1. The van der Waals surface area contributed by atoms with Crippen LogP contribution in [-0.4, -0.2) is 56.4 Å². The molecular weight excluding hydrogens is 551 g/mol. The van der Waals surface area contributed by atoms with Crippen LogP contribution in [0, 0.1) is 11.3 Å². The number of hydrogen-bond acceptors (Lipinski definition) is 6. The van der Waals surface area contributed by atoms with Crippen LogP contribution in [0.3, 0.4) is 0 Å². The van der Waals surface area contributed by atoms with E-state index in [-0.39, 0.29) is 29.1 Å². The molecule has 4 rings (SSSR count). The summed E-state index contributed by atoms with van der Waals surface area (Å²) in [7, 11) is 0. The van der Waals surface area contributed by atoms with Crippen LogP contribution in [0.1, 0.15) is 68.2 Å². The number of benzene rings is 2. The van der Waals surface area contributed by atoms with Gasteiger partial charge in [-0.1, -0.05) is 32.9 Å². The lowest BCUT2D eigenvalue weighted by Crippen LogP contribution is -2.45. The van der Waals surface area contributed by atoms with Gasteiger partial charge in [-0.2, -0.15) is 0 Å². The van der Waals surface area contributed by atoms with Crippen LogP contribution in [0.5, 0.6) is 5.75 Å². The second kappa shape index (κ2) is 13.2. The Morgan fingerprint density at radius 1 is 1.00 bits per heavy atom. The fourth-order valence-electron chi connectivity index (χ4n) is 5.19. The zero-order valence-electron chi connectivity index (χ0n) is 23.9. The Kier molecular flexibility index (Phi) is 9.69. The molecule has 1 fully saturated rings. The largest absolute Gasteiger partial charge is 0.573 e. The van der Waals surface area contributed by atoms with Gasteiger partial charge >= 0.3 is 12.4 Å². The zero-order chi connectivity index (χ0) is 30.3. The first kappa shape index (κ1) is 30.8. The van der Waals surface area contributed by atoms with Crippen molar-refractivity contribution in [1.29, 1.82) is 0 Å². The lowest BCUT2D eigenvalue weighted by Gasteiger charge is -2.41. The van der Waals surface area contributed by atoms with Gasteiger partial charge in [-0.25, -0.2) is 9.89 Å². The number of amides is 3. The number of aromatic nitrogens is 4. The smallest absolute Gasteiger partial charge is 0.406 e. The average Bonchev–Trinajstić information content (AvgIpc) is 3.45. The summed E-state index contributed by atoms with van der Waals surface area (Å²) in [4.78, 5) is 27.9. The molecule has 3 aromatic rings. The van der Waals surface area contributed by atoms with Gasteiger partial charge in [-0.15, -0.1) is 18.3 Å². The van der Waals surface area contributed by atoms with Gasteiger partial charge in [-0.05, 0) is 89.4 Å². The van der Waals surface area contributed by atoms with E-state index < -0.39 is 6.36 Å². The van der Waals surface area contributed by atoms with E-state index >= 15 is 0 Å². The van der Waals surface area contributed by atoms with Crippen molar-refractivity contribution in [2.45, 2.75) is 71.8 Å². The van der Waals surface area contributed by atoms with Gasteiger partial charge in [0, 0.05) is 36.8 Å². The third-order valence-electron chi connectivity index (χ3n) is 7.57. The van der Waals surface area contributed by atoms with E-state index in [1.54, 1.807) is 17.0 Å². The second-order valence-electron chi connectivity index (χ2n) is 11.6. The standard InChI is InChI=1S/C29H36F3N7O3/c1-28(2,3)21-8-12-23(13-9-21)39(27(41)34-22-10-14-24(15-11-22)42-29(30,31)32)18-19-4-6-20(7-5-19)26(40)33-17-16-25-35-37-38-36-25/h4-7,10-11,14-15,21,23H,8-9,12-13,16-18H2,1-3H3,(H,33,40)(H,34,41)(H,35,36,37,38). The van der Waals surface area contributed by atoms with Crippen molar-refractivity contribution in [2.24, 2.45) is 11.3 Å². The molecule has 42 heavy (non-hydrogen) atoms. The molecule has 1 aliphatic rings. The molecule has 0 atom stereocenters. The number of nitrogens with one attached hydrogen (secondary N) is 3. The monoisotopic (exact) mass is 587 g/mol. The predicted molar refractivity (Wildman–Crippen MR) is 150 cm³/mol. The lowest BCUT2D eigenvalue weighted by molar-refractivity contribution is -0.274. The minimum atomic E-state index is -4.79. The molecule has 3 amide bonds. The molecule has 1 saturated carbocycles. The van der Waals surface area contributed by atoms with Gasteiger partial charge in [0.1, 0.15) is 11.6 Å². The Labute approximate surface area is 242 Å². The summed E-state index contributed by atoms with van der Waals surface area (Å²) in [6.45, 7) is 7.38. The Morgan fingerprint density at radius 2 is 1.67 bits per heavy atom. The molecule has 226 valence electrons. The Morgan fingerprint density at radius 3 is 2.24 bits per heavy atom. The summed E-state index contributed by atoms with van der Waals surface area (Å²) < 4.78 is 41.5. The summed E-state index contributed by atoms with van der Waals surface area (Å²) in [5.41, 5.74) is 1.87. The quantitative estimate of drug-likeness (QED) is 0.295. The number of halogens is 3. The van der Waals surface area contributed by atoms with Crippen molar-refractivity contribution in [3.8, 4) is 5.75 Å². The maximum absolute atomic E-state index is 13.5. The predicted octanol–water partition coefficient (Wildman–Crippen LogP) is 5.71. The number of alkyl halides is 3. The lowest BCUT2D eigenvalue weighted by atomic mass is 9.71. The average molecular weight is 588 g/mol. The molecule has 1 aliphatic carbocycles. The summed E-state index contributed by atoms with van der Waals surface area (Å²) >= 11 is 0. The fourth-order valence-corrected chi connectivity index (χ4v) is 5.19. The summed E-state index contributed by atoms with van der Waals surface area (Å²) in [5.74, 6) is 0.531. The summed E-state index contributed by atoms with van der Waals surface area (Å²) in [6, 6.07) is 11.8. The van der Waals surface area contributed by atoms with Crippen LogP contribution in [0.25, 0.3) is 0 Å². The van der Waals surface area contributed by atoms with Gasteiger partial charge in [-0.3, -0.25) is 4.79 Å². The highest BCUT2D eigenvalue weighted by Crippen LogP contribution is 2.39. The first-order valence-corrected chi connectivity index (χ1v) is 13.9. The molecule has 0 radical (unpaired) electrons. The minimum Gasteiger partial charge on any atom is -0.406 e. The van der Waals surface area contributed by atoms with Crippen LogP contribution in [0.2, 0.25) is 0 Å². The molecule has 1 heterocycles. The van der Waals surface area contributed by atoms with Crippen LogP contribution in [0.15, 0.2) is 48.5 Å². The molecule has 10 nitrogen and oxygen atoms in total. The molecule has 0 bridgehead atoms. The number of tetrazole rings is 1. The number of nitrogens with zero attached hydrogens (tertiary/aromatic N) is 4. The number of urea groups is 1. The van der Waals surface area contributed by atoms with Gasteiger partial charge in [0.2, 0.25) is 0 Å². The normalized spacial score (nSPS) is 17.4. The zero-order valence-corrected chi connectivity index (χ0v) is 23.9. The molecular formula is C29H36F3N7O3. The van der Waals surface area contributed by atoms with Gasteiger partial charge < -0.3 is 20.3 Å². The van der Waals surface area contributed by atoms with E-state index in [1.807, 2.05) is 12.1 Å². The van der Waals surface area contributed by atoms with E-state index in [0.717, 1.165) is 43.4 Å². The number of rotatable bonds is 9. The molecule has 0 aliphatic heterocycles. The van der Waals surface area contributed by atoms with Gasteiger partial charge in [0.25, 0.3) is 5.91 Å². The van der Waals surface area contributed by atoms with Crippen LogP contribution >= 0.6 is 0 Å². The third kappa shape index (κ3) is 8.92. The van der Waals surface area contributed by atoms with Crippen molar-refractivity contribution in [2.75, 3.05) is 11.9 Å². The van der Waals surface area contributed by atoms with Crippen LogP contribution in [0.4, 0.5) is 23.7 Å². The minimum absolute atomic E-state index is 0.00927.